The summed E-state index contributed by atoms with van der Waals surface area (Å²) in [5, 5.41) is 25.5. The summed E-state index contributed by atoms with van der Waals surface area (Å²) in [5.41, 5.74) is 1.93. The number of thiazole rings is 1. The van der Waals surface area contributed by atoms with Crippen LogP contribution in [0.4, 0.5) is 20.5 Å². The molecule has 5 heterocycles. The average Bonchev–Trinajstić information content (AvgIpc) is 3.72. The highest BCUT2D eigenvalue weighted by Crippen LogP contribution is 2.38. The van der Waals surface area contributed by atoms with Crippen molar-refractivity contribution in [3.8, 4) is 17.3 Å². The maximum Gasteiger partial charge on any atom is 0.324 e. The Morgan fingerprint density at radius 3 is 2.59 bits per heavy atom. The molecule has 16 heteroatoms. The molecule has 1 aromatic carbocycles. The topological polar surface area (TPSA) is 143 Å². The first-order valence-corrected chi connectivity index (χ1v) is 15.7. The Labute approximate surface area is 260 Å². The number of nitriles is 1. The van der Waals surface area contributed by atoms with Gasteiger partial charge in [0.25, 0.3) is 0 Å². The maximum atomic E-state index is 13.5. The van der Waals surface area contributed by atoms with Crippen molar-refractivity contribution in [3.05, 3.63) is 40.7 Å². The van der Waals surface area contributed by atoms with Crippen LogP contribution in [0.25, 0.3) is 16.2 Å². The number of aromatic nitrogens is 4. The van der Waals surface area contributed by atoms with Crippen LogP contribution in [0.1, 0.15) is 17.5 Å². The van der Waals surface area contributed by atoms with Crippen molar-refractivity contribution in [3.63, 3.8) is 0 Å². The number of rotatable bonds is 8. The van der Waals surface area contributed by atoms with E-state index in [2.05, 4.69) is 6.07 Å². The van der Waals surface area contributed by atoms with E-state index < -0.39 is 18.1 Å². The zero-order chi connectivity index (χ0) is 31.1. The number of benzene rings is 1. The van der Waals surface area contributed by atoms with Crippen LogP contribution < -0.4 is 9.80 Å². The zero-order valence-corrected chi connectivity index (χ0v) is 25.9. The summed E-state index contributed by atoms with van der Waals surface area (Å²) < 4.78 is 20.3. The lowest BCUT2D eigenvalue weighted by Gasteiger charge is -2.42. The van der Waals surface area contributed by atoms with Crippen molar-refractivity contribution in [2.75, 3.05) is 63.2 Å². The third kappa shape index (κ3) is 5.47. The van der Waals surface area contributed by atoms with Crippen LogP contribution >= 0.6 is 22.7 Å². The average molecular weight is 640 g/mol. The van der Waals surface area contributed by atoms with E-state index >= 15 is 0 Å². The lowest BCUT2D eigenvalue weighted by atomic mass is 10.1. The van der Waals surface area contributed by atoms with Crippen LogP contribution in [-0.4, -0.2) is 112 Å². The molecule has 2 fully saturated rings. The minimum Gasteiger partial charge on any atom is -0.468 e. The van der Waals surface area contributed by atoms with Gasteiger partial charge in [-0.2, -0.15) is 9.78 Å². The normalized spacial score (nSPS) is 17.5. The number of anilines is 3. The van der Waals surface area contributed by atoms with Gasteiger partial charge in [0, 0.05) is 45.3 Å². The molecule has 13 nitrogen and oxygen atoms in total. The number of aliphatic hydroxyl groups excluding tert-OH is 1. The number of amides is 1. The van der Waals surface area contributed by atoms with Crippen molar-refractivity contribution < 1.29 is 23.8 Å². The molecular formula is C28H30FN9O4S2. The Bertz CT molecular complexity index is 1740. The van der Waals surface area contributed by atoms with Gasteiger partial charge in [0.15, 0.2) is 10.9 Å². The van der Waals surface area contributed by atoms with Gasteiger partial charge < -0.3 is 24.5 Å². The molecule has 1 amide bonds. The minimum absolute atomic E-state index is 0.0642. The molecule has 230 valence electrons. The molecule has 0 spiro atoms. The second-order valence-corrected chi connectivity index (χ2v) is 12.5. The van der Waals surface area contributed by atoms with Gasteiger partial charge in [-0.25, -0.2) is 14.4 Å². The van der Waals surface area contributed by atoms with E-state index in [9.17, 15) is 24.3 Å². The molecule has 6 rings (SSSR count). The minimum atomic E-state index is -0.668. The monoisotopic (exact) mass is 639 g/mol. The molecule has 3 aromatic heterocycles. The lowest BCUT2D eigenvalue weighted by molar-refractivity contribution is -0.150. The largest absolute Gasteiger partial charge is 0.468 e. The van der Waals surface area contributed by atoms with E-state index in [1.54, 1.807) is 21.5 Å². The molecule has 0 saturated carbocycles. The Morgan fingerprint density at radius 1 is 1.18 bits per heavy atom. The third-order valence-electron chi connectivity index (χ3n) is 7.80. The summed E-state index contributed by atoms with van der Waals surface area (Å²) in [6, 6.07) is 7.42. The number of esters is 1. The first-order valence-electron chi connectivity index (χ1n) is 14.0. The zero-order valence-electron chi connectivity index (χ0n) is 24.3. The predicted molar refractivity (Wildman–Crippen MR) is 163 cm³/mol. The van der Waals surface area contributed by atoms with E-state index in [1.165, 1.54) is 41.9 Å². The van der Waals surface area contributed by atoms with E-state index in [4.69, 9.17) is 19.8 Å². The number of nitrogens with zero attached hydrogens (tertiary/aromatic N) is 9. The Kier molecular flexibility index (Phi) is 8.20. The number of aliphatic hydroxyl groups is 1. The maximum absolute atomic E-state index is 13.5. The number of halogens is 1. The second kappa shape index (κ2) is 12.1. The van der Waals surface area contributed by atoms with Crippen LogP contribution in [0, 0.1) is 17.1 Å². The summed E-state index contributed by atoms with van der Waals surface area (Å²) in [6.07, 6.45) is 0.145. The number of ether oxygens (including phenoxy) is 1. The molecule has 4 aromatic rings. The Hall–Kier alpha value is -4.17. The number of methoxy groups -OCH3 is 1. The number of aryl methyl sites for hydroxylation is 1. The highest BCUT2D eigenvalue weighted by Gasteiger charge is 2.38. The molecule has 1 N–H and O–H groups in total. The van der Waals surface area contributed by atoms with E-state index in [0.29, 0.717) is 69.8 Å². The molecule has 1 atom stereocenters. The van der Waals surface area contributed by atoms with Crippen LogP contribution in [0.5, 0.6) is 0 Å². The number of fused-ring (bicyclic) bond motifs is 1. The van der Waals surface area contributed by atoms with Crippen LogP contribution in [0.2, 0.25) is 0 Å². The van der Waals surface area contributed by atoms with Gasteiger partial charge in [-0.15, -0.1) is 5.10 Å². The summed E-state index contributed by atoms with van der Waals surface area (Å²) in [7, 11) is 3.17. The van der Waals surface area contributed by atoms with Crippen molar-refractivity contribution in [2.45, 2.75) is 25.5 Å². The Balaban J connectivity index is 1.26. The first-order chi connectivity index (χ1) is 21.2. The lowest BCUT2D eigenvalue weighted by Crippen LogP contribution is -2.61. The number of hydrogen-bond donors (Lipinski definition) is 1. The van der Waals surface area contributed by atoms with Gasteiger partial charge in [-0.05, 0) is 30.7 Å². The van der Waals surface area contributed by atoms with E-state index in [-0.39, 0.29) is 24.8 Å². The van der Waals surface area contributed by atoms with Crippen molar-refractivity contribution in [1.29, 1.82) is 5.26 Å². The summed E-state index contributed by atoms with van der Waals surface area (Å²) in [4.78, 5) is 43.3. The predicted octanol–water partition coefficient (Wildman–Crippen LogP) is 2.12. The van der Waals surface area contributed by atoms with Gasteiger partial charge >= 0.3 is 5.97 Å². The first kappa shape index (κ1) is 29.9. The smallest absolute Gasteiger partial charge is 0.324 e. The number of β-amino-alcohol motifs (C(OH)–C–C–N with tert-alkyl or cyclic N) is 1. The summed E-state index contributed by atoms with van der Waals surface area (Å²) >= 11 is 2.62. The molecule has 2 aliphatic heterocycles. The van der Waals surface area contributed by atoms with Crippen LogP contribution in [0.3, 0.4) is 0 Å². The molecule has 0 aliphatic carbocycles. The second-order valence-electron chi connectivity index (χ2n) is 10.6. The summed E-state index contributed by atoms with van der Waals surface area (Å²) in [6.45, 7) is 3.94. The number of piperazine rings is 1. The van der Waals surface area contributed by atoms with E-state index in [0.717, 1.165) is 5.69 Å². The summed E-state index contributed by atoms with van der Waals surface area (Å²) in [5.74, 6) is -0.224. The van der Waals surface area contributed by atoms with Gasteiger partial charge in [-0.3, -0.25) is 14.5 Å². The number of hydrogen-bond acceptors (Lipinski definition) is 13. The van der Waals surface area contributed by atoms with Gasteiger partial charge in [0.1, 0.15) is 28.5 Å². The van der Waals surface area contributed by atoms with Crippen molar-refractivity contribution >= 4 is 55.6 Å². The quantitative estimate of drug-likeness (QED) is 0.283. The molecule has 44 heavy (non-hydrogen) atoms. The molecule has 0 unspecified atom stereocenters. The van der Waals surface area contributed by atoms with Crippen molar-refractivity contribution in [1.82, 2.24) is 29.4 Å². The molecule has 0 bridgehead atoms. The molecule has 2 aliphatic rings. The molecule has 0 radical (unpaired) electrons. The highest BCUT2D eigenvalue weighted by atomic mass is 32.1. The van der Waals surface area contributed by atoms with Gasteiger partial charge in [0.2, 0.25) is 16.0 Å². The standard InChI is InChI=1S/C28H30FN9O4S2/c1-4-19-24(34(2)26-32-23(21(11-30)43-26)16-5-7-17(29)8-6-16)38-27(31-19)44-28(33-38)36-10-9-35(20(14-36)25(41)42-3)15-22(40)37-12-18(39)13-37/h5-8,18,20,39H,4,9-10,12-15H2,1-3H3/t20-/m1/s1. The van der Waals surface area contributed by atoms with Gasteiger partial charge in [0.05, 0.1) is 25.5 Å². The number of imidazole rings is 1. The number of carbonyl (C=O) groups is 2. The van der Waals surface area contributed by atoms with E-state index in [1.807, 2.05) is 28.7 Å². The number of carbonyl (C=O) groups excluding carboxylic acids is 2. The third-order valence-corrected chi connectivity index (χ3v) is 9.81. The fourth-order valence-electron chi connectivity index (χ4n) is 5.37. The fourth-order valence-corrected chi connectivity index (χ4v) is 7.17. The SMILES string of the molecule is CCc1nc2sc(N3CCN(CC(=O)N4CC(O)C4)[C@@H](C(=O)OC)C3)nn2c1N(C)c1nc(-c2ccc(F)cc2)c(C#N)s1. The number of likely N-dealkylation sites (tertiary alicyclic amines) is 1. The van der Waals surface area contributed by atoms with Crippen LogP contribution in [0.15, 0.2) is 24.3 Å². The molecule has 2 saturated heterocycles. The van der Waals surface area contributed by atoms with Crippen molar-refractivity contribution in [2.24, 2.45) is 0 Å². The fraction of sp³-hybridized carbons (Fsp3) is 0.429. The Morgan fingerprint density at radius 2 is 1.93 bits per heavy atom. The van der Waals surface area contributed by atoms with Gasteiger partial charge in [-0.1, -0.05) is 29.6 Å². The molecular weight excluding hydrogens is 609 g/mol. The highest BCUT2D eigenvalue weighted by molar-refractivity contribution is 7.20. The van der Waals surface area contributed by atoms with Crippen LogP contribution in [-0.2, 0) is 20.7 Å².